The van der Waals surface area contributed by atoms with Crippen molar-refractivity contribution >= 4 is 5.69 Å². The molecule has 1 aromatic rings. The minimum Gasteiger partial charge on any atom is -0.382 e. The van der Waals surface area contributed by atoms with Crippen LogP contribution in [0.5, 0.6) is 0 Å². The second-order valence-electron chi connectivity index (χ2n) is 2.84. The highest BCUT2D eigenvalue weighted by Gasteiger charge is 2.20. The molecule has 0 heterocycles. The molecule has 11 heavy (non-hydrogen) atoms. The lowest BCUT2D eigenvalue weighted by Gasteiger charge is -2.01. The molecule has 57 valence electrons. The van der Waals surface area contributed by atoms with Gasteiger partial charge < -0.3 is 5.32 Å². The van der Waals surface area contributed by atoms with Gasteiger partial charge in [0, 0.05) is 17.8 Å². The van der Waals surface area contributed by atoms with E-state index in [9.17, 15) is 4.39 Å². The molecule has 1 N–H and O–H groups in total. The maximum absolute atomic E-state index is 12.6. The monoisotopic (exact) mass is 150 g/mol. The van der Waals surface area contributed by atoms with E-state index in [1.807, 2.05) is 0 Å². The van der Waals surface area contributed by atoms with Crippen molar-refractivity contribution in [2.75, 3.05) is 5.32 Å². The molecule has 2 rings (SSSR count). The maximum atomic E-state index is 12.6. The molecule has 2 heteroatoms. The van der Waals surface area contributed by atoms with Crippen LogP contribution in [0.25, 0.3) is 0 Å². The molecule has 0 saturated heterocycles. The Labute approximate surface area is 65.2 Å². The number of hydrogen-bond acceptors (Lipinski definition) is 1. The normalized spacial score (nSPS) is 16.5. The van der Waals surface area contributed by atoms with E-state index in [0.717, 1.165) is 5.69 Å². The van der Waals surface area contributed by atoms with Crippen molar-refractivity contribution in [1.82, 2.24) is 0 Å². The Hall–Kier alpha value is -1.05. The van der Waals surface area contributed by atoms with Crippen molar-refractivity contribution < 1.29 is 4.39 Å². The summed E-state index contributed by atoms with van der Waals surface area (Å²) in [6.07, 6.45) is 2.40. The largest absolute Gasteiger partial charge is 0.382 e. The van der Waals surface area contributed by atoms with Crippen molar-refractivity contribution in [2.45, 2.75) is 18.9 Å². The second-order valence-corrected chi connectivity index (χ2v) is 2.84. The Morgan fingerprint density at radius 3 is 3.00 bits per heavy atom. The van der Waals surface area contributed by atoms with Gasteiger partial charge in [0.25, 0.3) is 0 Å². The molecule has 1 fully saturated rings. The van der Waals surface area contributed by atoms with Crippen LogP contribution in [0.1, 0.15) is 12.8 Å². The van der Waals surface area contributed by atoms with Crippen LogP contribution in [0.15, 0.2) is 18.2 Å². The summed E-state index contributed by atoms with van der Waals surface area (Å²) in [6, 6.07) is 7.96. The van der Waals surface area contributed by atoms with Gasteiger partial charge >= 0.3 is 0 Å². The highest BCUT2D eigenvalue weighted by molar-refractivity contribution is 5.43. The summed E-state index contributed by atoms with van der Waals surface area (Å²) in [6.45, 7) is 0. The third-order valence-corrected chi connectivity index (χ3v) is 1.70. The molecule has 0 aliphatic heterocycles. The molecule has 1 aliphatic rings. The fraction of sp³-hybridized carbons (Fsp3) is 0.333. The zero-order valence-corrected chi connectivity index (χ0v) is 6.10. The summed E-state index contributed by atoms with van der Waals surface area (Å²) in [4.78, 5) is 0. The van der Waals surface area contributed by atoms with Gasteiger partial charge in [-0.25, -0.2) is 4.39 Å². The molecule has 0 amide bonds. The van der Waals surface area contributed by atoms with Crippen LogP contribution in [0, 0.1) is 11.9 Å². The summed E-state index contributed by atoms with van der Waals surface area (Å²) in [5, 5.41) is 3.16. The van der Waals surface area contributed by atoms with E-state index >= 15 is 0 Å². The van der Waals surface area contributed by atoms with Gasteiger partial charge in [0.2, 0.25) is 0 Å². The third-order valence-electron chi connectivity index (χ3n) is 1.70. The Balaban J connectivity index is 2.10. The van der Waals surface area contributed by atoms with Crippen molar-refractivity contribution in [3.05, 3.63) is 30.1 Å². The molecule has 0 spiro atoms. The summed E-state index contributed by atoms with van der Waals surface area (Å²) in [7, 11) is 0. The van der Waals surface area contributed by atoms with E-state index in [0.29, 0.717) is 6.04 Å². The SMILES string of the molecule is Fc1cc[c]c(NC2CC2)c1. The highest BCUT2D eigenvalue weighted by atomic mass is 19.1. The molecule has 1 aliphatic carbocycles. The molecule has 1 nitrogen and oxygen atoms in total. The maximum Gasteiger partial charge on any atom is 0.125 e. The van der Waals surface area contributed by atoms with Gasteiger partial charge in [0.1, 0.15) is 5.82 Å². The van der Waals surface area contributed by atoms with E-state index in [1.54, 1.807) is 6.07 Å². The number of halogens is 1. The molecular weight excluding hydrogens is 141 g/mol. The van der Waals surface area contributed by atoms with Crippen molar-refractivity contribution in [3.63, 3.8) is 0 Å². The Kier molecular flexibility index (Phi) is 1.53. The van der Waals surface area contributed by atoms with Crippen LogP contribution < -0.4 is 5.32 Å². The van der Waals surface area contributed by atoms with Gasteiger partial charge in [0.05, 0.1) is 0 Å². The summed E-state index contributed by atoms with van der Waals surface area (Å²) < 4.78 is 12.6. The van der Waals surface area contributed by atoms with E-state index in [-0.39, 0.29) is 5.82 Å². The fourth-order valence-corrected chi connectivity index (χ4v) is 0.970. The lowest BCUT2D eigenvalue weighted by molar-refractivity contribution is 0.628. The molecule has 0 atom stereocenters. The predicted octanol–water partition coefficient (Wildman–Crippen LogP) is 2.20. The van der Waals surface area contributed by atoms with Gasteiger partial charge in [0.15, 0.2) is 0 Å². The van der Waals surface area contributed by atoms with E-state index in [4.69, 9.17) is 0 Å². The lowest BCUT2D eigenvalue weighted by Crippen LogP contribution is -2.00. The molecule has 1 saturated carbocycles. The van der Waals surface area contributed by atoms with E-state index in [1.165, 1.54) is 25.0 Å². The number of nitrogens with one attached hydrogen (secondary N) is 1. The molecular formula is C9H9FN. The van der Waals surface area contributed by atoms with Crippen molar-refractivity contribution in [3.8, 4) is 0 Å². The van der Waals surface area contributed by atoms with Crippen LogP contribution in [0.3, 0.4) is 0 Å². The van der Waals surface area contributed by atoms with Gasteiger partial charge in [-0.05, 0) is 31.0 Å². The number of hydrogen-bond donors (Lipinski definition) is 1. The van der Waals surface area contributed by atoms with Crippen molar-refractivity contribution in [2.24, 2.45) is 0 Å². The number of rotatable bonds is 2. The first-order chi connectivity index (χ1) is 5.34. The van der Waals surface area contributed by atoms with Crippen LogP contribution in [-0.4, -0.2) is 6.04 Å². The molecule has 0 unspecified atom stereocenters. The van der Waals surface area contributed by atoms with Crippen LogP contribution in [-0.2, 0) is 0 Å². The first-order valence-corrected chi connectivity index (χ1v) is 3.78. The minimum absolute atomic E-state index is 0.202. The smallest absolute Gasteiger partial charge is 0.125 e. The minimum atomic E-state index is -0.202. The molecule has 1 aromatic carbocycles. The Morgan fingerprint density at radius 2 is 2.36 bits per heavy atom. The average molecular weight is 150 g/mol. The topological polar surface area (TPSA) is 12.0 Å². The van der Waals surface area contributed by atoms with Gasteiger partial charge in [-0.2, -0.15) is 0 Å². The van der Waals surface area contributed by atoms with Gasteiger partial charge in [-0.3, -0.25) is 0 Å². The van der Waals surface area contributed by atoms with E-state index < -0.39 is 0 Å². The second kappa shape index (κ2) is 2.53. The third kappa shape index (κ3) is 1.70. The zero-order chi connectivity index (χ0) is 7.68. The quantitative estimate of drug-likeness (QED) is 0.681. The first-order valence-electron chi connectivity index (χ1n) is 3.78. The van der Waals surface area contributed by atoms with Gasteiger partial charge in [-0.15, -0.1) is 0 Å². The van der Waals surface area contributed by atoms with Crippen LogP contribution in [0.2, 0.25) is 0 Å². The van der Waals surface area contributed by atoms with Crippen molar-refractivity contribution in [1.29, 1.82) is 0 Å². The Bertz CT molecular complexity index is 255. The summed E-state index contributed by atoms with van der Waals surface area (Å²) >= 11 is 0. The fourth-order valence-electron chi connectivity index (χ4n) is 0.970. The standard InChI is InChI=1S/C9H9FN/c10-7-2-1-3-9(6-7)11-8-4-5-8/h1-2,6,8,11H,4-5H2. The first kappa shape index (κ1) is 6.65. The van der Waals surface area contributed by atoms with E-state index in [2.05, 4.69) is 11.4 Å². The molecule has 1 radical (unpaired) electrons. The van der Waals surface area contributed by atoms with Gasteiger partial charge in [-0.1, -0.05) is 0 Å². The van der Waals surface area contributed by atoms with Crippen LogP contribution in [0.4, 0.5) is 10.1 Å². The summed E-state index contributed by atoms with van der Waals surface area (Å²) in [5.74, 6) is -0.202. The average Bonchev–Trinajstić information content (AvgIpc) is 2.71. The predicted molar refractivity (Wildman–Crippen MR) is 41.9 cm³/mol. The van der Waals surface area contributed by atoms with Crippen LogP contribution >= 0.6 is 0 Å². The zero-order valence-electron chi connectivity index (χ0n) is 6.10. The number of anilines is 1. The molecule has 0 bridgehead atoms. The summed E-state index contributed by atoms with van der Waals surface area (Å²) in [5.41, 5.74) is 0.771. The highest BCUT2D eigenvalue weighted by Crippen LogP contribution is 2.24. The molecule has 0 aromatic heterocycles. The lowest BCUT2D eigenvalue weighted by atomic mass is 10.3. The Morgan fingerprint density at radius 1 is 1.55 bits per heavy atom. The number of benzene rings is 1.